The van der Waals surface area contributed by atoms with Crippen LogP contribution in [0.15, 0.2) is 84.9 Å². The lowest BCUT2D eigenvalue weighted by Gasteiger charge is -2.15. The number of benzene rings is 4. The van der Waals surface area contributed by atoms with Crippen LogP contribution >= 0.6 is 0 Å². The number of ether oxygens (including phenoxy) is 1. The van der Waals surface area contributed by atoms with Crippen LogP contribution in [0.3, 0.4) is 0 Å². The van der Waals surface area contributed by atoms with Crippen LogP contribution in [0.25, 0.3) is 22.5 Å². The zero-order valence-corrected chi connectivity index (χ0v) is 15.9. The summed E-state index contributed by atoms with van der Waals surface area (Å²) in [6, 6.07) is 29.7. The molecule has 3 nitrogen and oxygen atoms in total. The molecule has 29 heavy (non-hydrogen) atoms. The standard InChI is InChI=1S/C26H20N2O/c1-2-7-19(8-3-1)26-28-23-13-12-18-10-11-20(16-22(18)25(23)29-26)24-21-9-5-4-6-17(21)14-15-27-24/h1-14,16,26-28H,15H2. The van der Waals surface area contributed by atoms with Crippen molar-refractivity contribution in [2.24, 2.45) is 0 Å². The maximum Gasteiger partial charge on any atom is 0.196 e. The second-order valence-corrected chi connectivity index (χ2v) is 7.48. The van der Waals surface area contributed by atoms with Gasteiger partial charge in [0.05, 0.1) is 5.69 Å². The van der Waals surface area contributed by atoms with Crippen LogP contribution in [0.5, 0.6) is 5.75 Å². The zero-order valence-electron chi connectivity index (χ0n) is 15.9. The first-order valence-corrected chi connectivity index (χ1v) is 9.95. The average Bonchev–Trinajstić information content (AvgIpc) is 3.24. The molecule has 0 saturated heterocycles. The summed E-state index contributed by atoms with van der Waals surface area (Å²) in [4.78, 5) is 0. The van der Waals surface area contributed by atoms with Crippen LogP contribution in [-0.2, 0) is 0 Å². The number of hydrogen-bond donors (Lipinski definition) is 2. The van der Waals surface area contributed by atoms with Gasteiger partial charge < -0.3 is 15.4 Å². The van der Waals surface area contributed by atoms with Gasteiger partial charge in [-0.2, -0.15) is 0 Å². The van der Waals surface area contributed by atoms with E-state index in [1.54, 1.807) is 0 Å². The summed E-state index contributed by atoms with van der Waals surface area (Å²) in [7, 11) is 0. The first-order valence-electron chi connectivity index (χ1n) is 9.95. The van der Waals surface area contributed by atoms with E-state index in [-0.39, 0.29) is 6.23 Å². The van der Waals surface area contributed by atoms with Crippen molar-refractivity contribution >= 4 is 28.2 Å². The molecule has 2 N–H and O–H groups in total. The predicted molar refractivity (Wildman–Crippen MR) is 118 cm³/mol. The van der Waals surface area contributed by atoms with Gasteiger partial charge in [-0.1, -0.05) is 78.9 Å². The van der Waals surface area contributed by atoms with Crippen molar-refractivity contribution in [2.75, 3.05) is 11.9 Å². The maximum absolute atomic E-state index is 6.37. The Labute approximate surface area is 169 Å². The van der Waals surface area contributed by atoms with E-state index in [2.05, 4.69) is 83.4 Å². The molecule has 4 aromatic rings. The quantitative estimate of drug-likeness (QED) is 0.557. The van der Waals surface area contributed by atoms with Gasteiger partial charge in [-0.25, -0.2) is 0 Å². The molecule has 0 aromatic heterocycles. The van der Waals surface area contributed by atoms with E-state index in [4.69, 9.17) is 4.74 Å². The number of fused-ring (bicyclic) bond motifs is 4. The lowest BCUT2D eigenvalue weighted by Crippen LogP contribution is -2.37. The van der Waals surface area contributed by atoms with Crippen molar-refractivity contribution in [2.45, 2.75) is 6.23 Å². The summed E-state index contributed by atoms with van der Waals surface area (Å²) in [5.41, 5.74) is 4.52. The van der Waals surface area contributed by atoms with Crippen molar-refractivity contribution in [3.05, 3.63) is 106 Å². The molecule has 4 aromatic carbocycles. The Morgan fingerprint density at radius 2 is 1.66 bits per heavy atom. The third kappa shape index (κ3) is 2.66. The van der Waals surface area contributed by atoms with Crippen molar-refractivity contribution < 1.29 is 4.74 Å². The second kappa shape index (κ2) is 6.42. The van der Waals surface area contributed by atoms with E-state index in [1.807, 2.05) is 18.2 Å². The lowest BCUT2D eigenvalue weighted by atomic mass is 10.0. The third-order valence-corrected chi connectivity index (χ3v) is 5.72. The molecular weight excluding hydrogens is 356 g/mol. The van der Waals surface area contributed by atoms with Gasteiger partial charge in [0, 0.05) is 28.4 Å². The van der Waals surface area contributed by atoms with Crippen LogP contribution in [0.1, 0.15) is 17.4 Å². The van der Waals surface area contributed by atoms with E-state index < -0.39 is 0 Å². The Morgan fingerprint density at radius 1 is 0.828 bits per heavy atom. The molecule has 2 aliphatic heterocycles. The fraction of sp³-hybridized carbons (Fsp3) is 0.0769. The summed E-state index contributed by atoms with van der Waals surface area (Å²) in [5, 5.41) is 11.9. The van der Waals surface area contributed by atoms with E-state index in [1.165, 1.54) is 27.1 Å². The summed E-state index contributed by atoms with van der Waals surface area (Å²) >= 11 is 0. The summed E-state index contributed by atoms with van der Waals surface area (Å²) < 4.78 is 6.37. The number of nitrogens with one attached hydrogen (secondary N) is 2. The summed E-state index contributed by atoms with van der Waals surface area (Å²) in [6.45, 7) is 0.839. The van der Waals surface area contributed by atoms with Gasteiger partial charge >= 0.3 is 0 Å². The molecule has 0 amide bonds. The molecule has 1 atom stereocenters. The minimum absolute atomic E-state index is 0.156. The van der Waals surface area contributed by atoms with E-state index in [0.717, 1.165) is 28.9 Å². The zero-order chi connectivity index (χ0) is 19.2. The fourth-order valence-corrected chi connectivity index (χ4v) is 4.27. The molecule has 0 bridgehead atoms. The second-order valence-electron chi connectivity index (χ2n) is 7.48. The molecule has 0 radical (unpaired) electrons. The normalized spacial score (nSPS) is 16.8. The summed E-state index contributed by atoms with van der Waals surface area (Å²) in [6.07, 6.45) is 2.07. The highest BCUT2D eigenvalue weighted by Gasteiger charge is 2.25. The average molecular weight is 376 g/mol. The van der Waals surface area contributed by atoms with Crippen molar-refractivity contribution in [1.82, 2.24) is 5.32 Å². The molecule has 0 fully saturated rings. The number of anilines is 1. The molecule has 2 aliphatic rings. The first-order chi connectivity index (χ1) is 14.4. The number of rotatable bonds is 2. The van der Waals surface area contributed by atoms with Crippen LogP contribution in [0.2, 0.25) is 0 Å². The smallest absolute Gasteiger partial charge is 0.196 e. The van der Waals surface area contributed by atoms with E-state index in [9.17, 15) is 0 Å². The van der Waals surface area contributed by atoms with Crippen molar-refractivity contribution in [3.63, 3.8) is 0 Å². The molecular formula is C26H20N2O. The van der Waals surface area contributed by atoms with Gasteiger partial charge in [0.1, 0.15) is 0 Å². The van der Waals surface area contributed by atoms with Gasteiger partial charge in [0.25, 0.3) is 0 Å². The lowest BCUT2D eigenvalue weighted by molar-refractivity contribution is 0.262. The maximum atomic E-state index is 6.37. The monoisotopic (exact) mass is 376 g/mol. The number of hydrogen-bond acceptors (Lipinski definition) is 3. The van der Waals surface area contributed by atoms with Gasteiger partial charge in [-0.3, -0.25) is 0 Å². The Bertz CT molecular complexity index is 1360. The van der Waals surface area contributed by atoms with Crippen LogP contribution in [0.4, 0.5) is 5.69 Å². The van der Waals surface area contributed by atoms with Gasteiger partial charge in [0.15, 0.2) is 12.0 Å². The minimum Gasteiger partial charge on any atom is -0.464 e. The first kappa shape index (κ1) is 16.3. The minimum atomic E-state index is -0.156. The predicted octanol–water partition coefficient (Wildman–Crippen LogP) is 3.88. The molecule has 140 valence electrons. The highest BCUT2D eigenvalue weighted by Crippen LogP contribution is 2.43. The Hall–Kier alpha value is -3.72. The van der Waals surface area contributed by atoms with E-state index >= 15 is 0 Å². The summed E-state index contributed by atoms with van der Waals surface area (Å²) in [5.74, 6) is 0.925. The van der Waals surface area contributed by atoms with Gasteiger partial charge in [0.2, 0.25) is 0 Å². The largest absolute Gasteiger partial charge is 0.464 e. The Kier molecular flexibility index (Phi) is 3.60. The van der Waals surface area contributed by atoms with Crippen LogP contribution in [0, 0.1) is 0 Å². The van der Waals surface area contributed by atoms with Crippen molar-refractivity contribution in [1.29, 1.82) is 0 Å². The van der Waals surface area contributed by atoms with Gasteiger partial charge in [-0.15, -0.1) is 0 Å². The highest BCUT2D eigenvalue weighted by atomic mass is 16.5. The highest BCUT2D eigenvalue weighted by molar-refractivity contribution is 5.96. The van der Waals surface area contributed by atoms with Crippen LogP contribution in [-0.4, -0.2) is 6.54 Å². The fourth-order valence-electron chi connectivity index (χ4n) is 4.27. The third-order valence-electron chi connectivity index (χ3n) is 5.72. The van der Waals surface area contributed by atoms with Crippen molar-refractivity contribution in [3.8, 4) is 5.75 Å². The Balaban J connectivity index is 1.50. The Morgan fingerprint density at radius 3 is 2.59 bits per heavy atom. The molecule has 0 aliphatic carbocycles. The molecule has 2 heterocycles. The molecule has 1 unspecified atom stereocenters. The SMILES string of the molecule is C1=c2ccccc2=C(c2ccc3ccc4c(c3c2)OC(c2ccccc2)N4)NC1. The van der Waals surface area contributed by atoms with Gasteiger partial charge in [-0.05, 0) is 28.3 Å². The molecule has 0 spiro atoms. The molecule has 0 saturated carbocycles. The topological polar surface area (TPSA) is 33.3 Å². The molecule has 3 heteroatoms. The molecule has 6 rings (SSSR count). The van der Waals surface area contributed by atoms with E-state index in [0.29, 0.717) is 0 Å². The van der Waals surface area contributed by atoms with Crippen LogP contribution < -0.4 is 25.8 Å².